The number of ether oxygens (including phenoxy) is 1. The van der Waals surface area contributed by atoms with Gasteiger partial charge in [0.15, 0.2) is 6.10 Å². The van der Waals surface area contributed by atoms with E-state index in [0.717, 1.165) is 0 Å². The number of hydrogen-bond donors (Lipinski definition) is 2. The molecular formula is C15H12N2O4S. The van der Waals surface area contributed by atoms with Gasteiger partial charge in [-0.3, -0.25) is 4.79 Å². The lowest BCUT2D eigenvalue weighted by Crippen LogP contribution is -2.29. The Kier molecular flexibility index (Phi) is 4.76. The molecule has 0 radical (unpaired) electrons. The molecule has 6 nitrogen and oxygen atoms in total. The highest BCUT2D eigenvalue weighted by atomic mass is 32.1. The van der Waals surface area contributed by atoms with Crippen molar-refractivity contribution in [1.82, 2.24) is 0 Å². The second-order valence-corrected chi connectivity index (χ2v) is 5.27. The highest BCUT2D eigenvalue weighted by Gasteiger charge is 2.20. The summed E-state index contributed by atoms with van der Waals surface area (Å²) < 4.78 is 5.05. The van der Waals surface area contributed by atoms with Crippen LogP contribution in [0.1, 0.15) is 22.8 Å². The summed E-state index contributed by atoms with van der Waals surface area (Å²) in [5.41, 5.74) is 0.585. The smallest absolute Gasteiger partial charge is 0.338 e. The van der Waals surface area contributed by atoms with E-state index in [0.29, 0.717) is 10.6 Å². The first-order valence-corrected chi connectivity index (χ1v) is 7.17. The molecular weight excluding hydrogens is 304 g/mol. The van der Waals surface area contributed by atoms with Crippen molar-refractivity contribution in [3.8, 4) is 11.8 Å². The van der Waals surface area contributed by atoms with Crippen LogP contribution in [0.3, 0.4) is 0 Å². The Bertz CT molecular complexity index is 731. The van der Waals surface area contributed by atoms with Gasteiger partial charge in [0.05, 0.1) is 11.1 Å². The molecule has 1 aromatic heterocycles. The minimum absolute atomic E-state index is 0.0315. The lowest BCUT2D eigenvalue weighted by atomic mass is 10.2. The second kappa shape index (κ2) is 6.74. The van der Waals surface area contributed by atoms with Gasteiger partial charge in [0.1, 0.15) is 16.8 Å². The molecule has 0 saturated heterocycles. The van der Waals surface area contributed by atoms with Gasteiger partial charge >= 0.3 is 5.97 Å². The van der Waals surface area contributed by atoms with Gasteiger partial charge in [0.2, 0.25) is 0 Å². The van der Waals surface area contributed by atoms with Crippen LogP contribution >= 0.6 is 11.3 Å². The molecule has 22 heavy (non-hydrogen) atoms. The minimum Gasteiger partial charge on any atom is -0.508 e. The summed E-state index contributed by atoms with van der Waals surface area (Å²) in [6.07, 6.45) is -1.02. The zero-order chi connectivity index (χ0) is 16.1. The van der Waals surface area contributed by atoms with Gasteiger partial charge in [-0.1, -0.05) is 0 Å². The van der Waals surface area contributed by atoms with Gasteiger partial charge in [0, 0.05) is 0 Å². The number of aromatic hydroxyl groups is 1. The van der Waals surface area contributed by atoms with Crippen molar-refractivity contribution < 1.29 is 19.4 Å². The topological polar surface area (TPSA) is 99.4 Å². The number of thiophene rings is 1. The molecule has 0 bridgehead atoms. The zero-order valence-electron chi connectivity index (χ0n) is 11.6. The van der Waals surface area contributed by atoms with Gasteiger partial charge in [-0.2, -0.15) is 5.26 Å². The fourth-order valence-corrected chi connectivity index (χ4v) is 2.33. The van der Waals surface area contributed by atoms with Crippen LogP contribution in [0.5, 0.6) is 5.75 Å². The molecule has 1 aromatic carbocycles. The first-order valence-electron chi connectivity index (χ1n) is 6.29. The molecule has 0 aliphatic heterocycles. The summed E-state index contributed by atoms with van der Waals surface area (Å²) >= 11 is 1.21. The van der Waals surface area contributed by atoms with Crippen LogP contribution in [0.15, 0.2) is 35.7 Å². The minimum atomic E-state index is -1.02. The predicted octanol–water partition coefficient (Wildman–Crippen LogP) is 2.51. The number of nitriles is 1. The van der Waals surface area contributed by atoms with Crippen molar-refractivity contribution in [3.05, 3.63) is 46.8 Å². The average molecular weight is 316 g/mol. The van der Waals surface area contributed by atoms with Crippen molar-refractivity contribution >= 4 is 28.2 Å². The lowest BCUT2D eigenvalue weighted by Gasteiger charge is -2.13. The number of nitrogens with zero attached hydrogens (tertiary/aromatic N) is 1. The van der Waals surface area contributed by atoms with E-state index in [4.69, 9.17) is 15.1 Å². The Morgan fingerprint density at radius 1 is 1.32 bits per heavy atom. The number of anilines is 1. The van der Waals surface area contributed by atoms with E-state index in [9.17, 15) is 9.59 Å². The number of esters is 1. The largest absolute Gasteiger partial charge is 0.508 e. The highest BCUT2D eigenvalue weighted by Crippen LogP contribution is 2.22. The number of carbonyl (C=O) groups excluding carboxylic acids is 2. The molecule has 0 aliphatic rings. The number of nitrogens with one attached hydrogen (secondary N) is 1. The molecule has 1 atom stereocenters. The van der Waals surface area contributed by atoms with Gasteiger partial charge in [-0.25, -0.2) is 4.79 Å². The summed E-state index contributed by atoms with van der Waals surface area (Å²) in [6.45, 7) is 1.44. The molecule has 2 rings (SSSR count). The summed E-state index contributed by atoms with van der Waals surface area (Å²) in [5.74, 6) is -1.16. The summed E-state index contributed by atoms with van der Waals surface area (Å²) in [6, 6.07) is 9.05. The molecule has 7 heteroatoms. The molecule has 112 valence electrons. The van der Waals surface area contributed by atoms with Gasteiger partial charge < -0.3 is 15.2 Å². The summed E-state index contributed by atoms with van der Waals surface area (Å²) in [4.78, 5) is 23.8. The van der Waals surface area contributed by atoms with E-state index < -0.39 is 18.0 Å². The van der Waals surface area contributed by atoms with Crippen LogP contribution in [-0.2, 0) is 9.53 Å². The third-order valence-corrected chi connectivity index (χ3v) is 3.61. The lowest BCUT2D eigenvalue weighted by molar-refractivity contribution is -0.123. The average Bonchev–Trinajstić information content (AvgIpc) is 2.94. The number of benzene rings is 1. The van der Waals surface area contributed by atoms with Crippen LogP contribution in [-0.4, -0.2) is 23.1 Å². The number of phenolic OH excluding ortho intramolecular Hbond substituents is 1. The Morgan fingerprint density at radius 3 is 2.64 bits per heavy atom. The number of phenols is 1. The fourth-order valence-electron chi connectivity index (χ4n) is 1.59. The van der Waals surface area contributed by atoms with Crippen LogP contribution in [0, 0.1) is 11.3 Å². The molecule has 1 heterocycles. The maximum atomic E-state index is 12.0. The van der Waals surface area contributed by atoms with E-state index in [1.807, 2.05) is 6.07 Å². The quantitative estimate of drug-likeness (QED) is 0.844. The molecule has 2 aromatic rings. The van der Waals surface area contributed by atoms with Gasteiger partial charge in [0.25, 0.3) is 5.91 Å². The zero-order valence-corrected chi connectivity index (χ0v) is 12.4. The molecule has 0 saturated carbocycles. The van der Waals surface area contributed by atoms with E-state index in [2.05, 4.69) is 5.32 Å². The predicted molar refractivity (Wildman–Crippen MR) is 80.6 cm³/mol. The Balaban J connectivity index is 1.98. The Hall–Kier alpha value is -2.85. The van der Waals surface area contributed by atoms with Crippen molar-refractivity contribution in [2.45, 2.75) is 13.0 Å². The van der Waals surface area contributed by atoms with Crippen LogP contribution in [0.4, 0.5) is 5.00 Å². The number of hydrogen-bond acceptors (Lipinski definition) is 6. The van der Waals surface area contributed by atoms with Crippen LogP contribution in [0.25, 0.3) is 0 Å². The van der Waals surface area contributed by atoms with Crippen molar-refractivity contribution in [1.29, 1.82) is 5.26 Å². The maximum Gasteiger partial charge on any atom is 0.338 e. The highest BCUT2D eigenvalue weighted by molar-refractivity contribution is 7.14. The van der Waals surface area contributed by atoms with Gasteiger partial charge in [-0.15, -0.1) is 11.3 Å². The normalized spacial score (nSPS) is 11.3. The van der Waals surface area contributed by atoms with Crippen LogP contribution < -0.4 is 5.32 Å². The SMILES string of the molecule is C[C@@H](OC(=O)c1ccc(O)cc1)C(=O)Nc1sccc1C#N. The van der Waals surface area contributed by atoms with Crippen LogP contribution in [0.2, 0.25) is 0 Å². The number of amides is 1. The Morgan fingerprint density at radius 2 is 2.00 bits per heavy atom. The van der Waals surface area contributed by atoms with E-state index in [1.54, 1.807) is 11.4 Å². The first kappa shape index (κ1) is 15.5. The fraction of sp³-hybridized carbons (Fsp3) is 0.133. The molecule has 1 amide bonds. The van der Waals surface area contributed by atoms with Crippen molar-refractivity contribution in [2.24, 2.45) is 0 Å². The van der Waals surface area contributed by atoms with E-state index in [-0.39, 0.29) is 11.3 Å². The van der Waals surface area contributed by atoms with E-state index in [1.165, 1.54) is 42.5 Å². The molecule has 0 fully saturated rings. The second-order valence-electron chi connectivity index (χ2n) is 4.36. The monoisotopic (exact) mass is 316 g/mol. The third kappa shape index (κ3) is 3.62. The van der Waals surface area contributed by atoms with Gasteiger partial charge in [-0.05, 0) is 42.6 Å². The molecule has 0 aliphatic carbocycles. The maximum absolute atomic E-state index is 12.0. The van der Waals surface area contributed by atoms with Crippen molar-refractivity contribution in [2.75, 3.05) is 5.32 Å². The first-order chi connectivity index (χ1) is 10.5. The molecule has 2 N–H and O–H groups in total. The standard InChI is InChI=1S/C15H12N2O4S/c1-9(13(19)17-14-11(8-16)6-7-22-14)21-15(20)10-2-4-12(18)5-3-10/h2-7,9,18H,1H3,(H,17,19)/t9-/m1/s1. The number of rotatable bonds is 4. The summed E-state index contributed by atoms with van der Waals surface area (Å²) in [7, 11) is 0. The molecule has 0 spiro atoms. The number of carbonyl (C=O) groups is 2. The molecule has 0 unspecified atom stereocenters. The Labute approximate surface area is 130 Å². The van der Waals surface area contributed by atoms with E-state index >= 15 is 0 Å². The third-order valence-electron chi connectivity index (χ3n) is 2.78. The van der Waals surface area contributed by atoms with Crippen molar-refractivity contribution in [3.63, 3.8) is 0 Å². The summed E-state index contributed by atoms with van der Waals surface area (Å²) in [5, 5.41) is 22.7.